The quantitative estimate of drug-likeness (QED) is 0.775. The van der Waals surface area contributed by atoms with Gasteiger partial charge in [-0.3, -0.25) is 0 Å². The van der Waals surface area contributed by atoms with Crippen molar-refractivity contribution in [2.24, 2.45) is 5.14 Å². The Hall–Kier alpha value is -2.44. The third kappa shape index (κ3) is 3.24. The van der Waals surface area contributed by atoms with E-state index in [2.05, 4.69) is 10.3 Å². The van der Waals surface area contributed by atoms with Crippen molar-refractivity contribution in [1.82, 2.24) is 4.98 Å². The van der Waals surface area contributed by atoms with E-state index in [1.54, 1.807) is 12.1 Å². The predicted molar refractivity (Wildman–Crippen MR) is 86.9 cm³/mol. The van der Waals surface area contributed by atoms with Crippen LogP contribution >= 0.6 is 0 Å². The molecular formula is C16H15N3O2S. The Morgan fingerprint density at radius 2 is 1.82 bits per heavy atom. The molecule has 2 aromatic carbocycles. The number of anilines is 1. The zero-order valence-electron chi connectivity index (χ0n) is 11.7. The van der Waals surface area contributed by atoms with Gasteiger partial charge in [0.2, 0.25) is 10.0 Å². The molecule has 3 N–H and O–H groups in total. The Kier molecular flexibility index (Phi) is 3.79. The second-order valence-corrected chi connectivity index (χ2v) is 6.50. The highest BCUT2D eigenvalue weighted by molar-refractivity contribution is 7.89. The van der Waals surface area contributed by atoms with E-state index >= 15 is 0 Å². The summed E-state index contributed by atoms with van der Waals surface area (Å²) in [5, 5.41) is 9.39. The molecule has 0 aliphatic rings. The fourth-order valence-electron chi connectivity index (χ4n) is 2.19. The van der Waals surface area contributed by atoms with Gasteiger partial charge in [0.05, 0.1) is 10.4 Å². The van der Waals surface area contributed by atoms with Crippen molar-refractivity contribution in [3.63, 3.8) is 0 Å². The van der Waals surface area contributed by atoms with E-state index in [1.807, 2.05) is 42.5 Å². The van der Waals surface area contributed by atoms with E-state index in [0.717, 1.165) is 22.3 Å². The Labute approximate surface area is 128 Å². The first-order chi connectivity index (χ1) is 10.5. The molecule has 6 heteroatoms. The number of nitrogens with one attached hydrogen (secondary N) is 1. The molecule has 112 valence electrons. The third-order valence-corrected chi connectivity index (χ3v) is 4.21. The Morgan fingerprint density at radius 3 is 2.64 bits per heavy atom. The molecule has 0 bridgehead atoms. The Balaban J connectivity index is 1.79. The molecule has 0 amide bonds. The van der Waals surface area contributed by atoms with Crippen molar-refractivity contribution in [3.8, 4) is 0 Å². The van der Waals surface area contributed by atoms with Gasteiger partial charge < -0.3 is 5.32 Å². The van der Waals surface area contributed by atoms with Crippen LogP contribution in [0.5, 0.6) is 0 Å². The lowest BCUT2D eigenvalue weighted by Gasteiger charge is -2.08. The maximum atomic E-state index is 11.4. The van der Waals surface area contributed by atoms with Crippen LogP contribution in [0.2, 0.25) is 0 Å². The number of nitrogens with zero attached hydrogens (tertiary/aromatic N) is 1. The highest BCUT2D eigenvalue weighted by atomic mass is 32.2. The first-order valence-corrected chi connectivity index (χ1v) is 8.28. The van der Waals surface area contributed by atoms with Crippen LogP contribution in [-0.4, -0.2) is 13.4 Å². The highest BCUT2D eigenvalue weighted by Crippen LogP contribution is 2.16. The molecule has 5 nitrogen and oxygen atoms in total. The van der Waals surface area contributed by atoms with E-state index in [-0.39, 0.29) is 4.90 Å². The van der Waals surface area contributed by atoms with Gasteiger partial charge in [0.15, 0.2) is 0 Å². The fraction of sp³-hybridized carbons (Fsp3) is 0.0625. The van der Waals surface area contributed by atoms with Crippen molar-refractivity contribution >= 4 is 26.7 Å². The van der Waals surface area contributed by atoms with E-state index in [0.29, 0.717) is 6.54 Å². The minimum absolute atomic E-state index is 0.110. The normalized spacial score (nSPS) is 11.5. The smallest absolute Gasteiger partial charge is 0.238 e. The van der Waals surface area contributed by atoms with Crippen LogP contribution in [0.25, 0.3) is 10.9 Å². The van der Waals surface area contributed by atoms with Crippen LogP contribution in [0, 0.1) is 0 Å². The van der Waals surface area contributed by atoms with Crippen LogP contribution < -0.4 is 10.5 Å². The van der Waals surface area contributed by atoms with Gasteiger partial charge in [0, 0.05) is 11.9 Å². The number of nitrogens with two attached hydrogens (primary N) is 1. The molecule has 1 aromatic heterocycles. The SMILES string of the molecule is NS(=O)(=O)c1cccc(CNc2ccc3ccccc3n2)c1. The van der Waals surface area contributed by atoms with Gasteiger partial charge in [-0.05, 0) is 35.9 Å². The molecule has 0 aliphatic heterocycles. The van der Waals surface area contributed by atoms with Gasteiger partial charge in [-0.25, -0.2) is 18.5 Å². The lowest BCUT2D eigenvalue weighted by molar-refractivity contribution is 0.597. The number of hydrogen-bond acceptors (Lipinski definition) is 4. The largest absolute Gasteiger partial charge is 0.366 e. The topological polar surface area (TPSA) is 85.1 Å². The number of hydrogen-bond donors (Lipinski definition) is 2. The summed E-state index contributed by atoms with van der Waals surface area (Å²) in [6, 6.07) is 18.3. The molecule has 3 aromatic rings. The zero-order chi connectivity index (χ0) is 15.6. The number of fused-ring (bicyclic) bond motifs is 1. The number of primary sulfonamides is 1. The van der Waals surface area contributed by atoms with Gasteiger partial charge in [0.1, 0.15) is 5.82 Å². The second-order valence-electron chi connectivity index (χ2n) is 4.94. The molecule has 0 aliphatic carbocycles. The number of pyridine rings is 1. The molecule has 0 saturated heterocycles. The molecule has 0 radical (unpaired) electrons. The fourth-order valence-corrected chi connectivity index (χ4v) is 2.77. The van der Waals surface area contributed by atoms with E-state index in [9.17, 15) is 8.42 Å². The lowest BCUT2D eigenvalue weighted by Crippen LogP contribution is -2.12. The van der Waals surface area contributed by atoms with Crippen LogP contribution in [0.3, 0.4) is 0 Å². The Morgan fingerprint density at radius 1 is 1.00 bits per heavy atom. The molecule has 0 atom stereocenters. The number of benzene rings is 2. The van der Waals surface area contributed by atoms with E-state index in [1.165, 1.54) is 6.07 Å². The summed E-state index contributed by atoms with van der Waals surface area (Å²) in [5.74, 6) is 0.736. The first-order valence-electron chi connectivity index (χ1n) is 6.74. The van der Waals surface area contributed by atoms with Crippen LogP contribution in [-0.2, 0) is 16.6 Å². The molecule has 3 rings (SSSR count). The summed E-state index contributed by atoms with van der Waals surface area (Å²) < 4.78 is 22.7. The van der Waals surface area contributed by atoms with Crippen molar-refractivity contribution in [2.45, 2.75) is 11.4 Å². The van der Waals surface area contributed by atoms with Gasteiger partial charge in [-0.1, -0.05) is 30.3 Å². The summed E-state index contributed by atoms with van der Waals surface area (Å²) in [7, 11) is -3.68. The Bertz CT molecular complexity index is 923. The molecule has 0 spiro atoms. The molecule has 0 saturated carbocycles. The maximum Gasteiger partial charge on any atom is 0.238 e. The molecular weight excluding hydrogens is 298 g/mol. The summed E-state index contributed by atoms with van der Waals surface area (Å²) in [6.07, 6.45) is 0. The lowest BCUT2D eigenvalue weighted by atomic mass is 10.2. The first kappa shape index (κ1) is 14.5. The molecule has 0 fully saturated rings. The summed E-state index contributed by atoms with van der Waals surface area (Å²) >= 11 is 0. The molecule has 22 heavy (non-hydrogen) atoms. The third-order valence-electron chi connectivity index (χ3n) is 3.30. The van der Waals surface area contributed by atoms with Crippen molar-refractivity contribution in [1.29, 1.82) is 0 Å². The van der Waals surface area contributed by atoms with Gasteiger partial charge in [-0.2, -0.15) is 0 Å². The summed E-state index contributed by atoms with van der Waals surface area (Å²) in [6.45, 7) is 0.467. The number of rotatable bonds is 4. The number of sulfonamides is 1. The molecule has 0 unspecified atom stereocenters. The standard InChI is InChI=1S/C16H15N3O2S/c17-22(20,21)14-6-3-4-12(10-14)11-18-16-9-8-13-5-1-2-7-15(13)19-16/h1-10H,11H2,(H,18,19)(H2,17,20,21). The van der Waals surface area contributed by atoms with Crippen LogP contribution in [0.15, 0.2) is 65.6 Å². The van der Waals surface area contributed by atoms with Crippen molar-refractivity contribution < 1.29 is 8.42 Å². The summed E-state index contributed by atoms with van der Waals surface area (Å²) in [5.41, 5.74) is 1.73. The summed E-state index contributed by atoms with van der Waals surface area (Å²) in [4.78, 5) is 4.62. The average Bonchev–Trinajstić information content (AvgIpc) is 2.52. The molecule has 1 heterocycles. The van der Waals surface area contributed by atoms with E-state index in [4.69, 9.17) is 5.14 Å². The van der Waals surface area contributed by atoms with Crippen molar-refractivity contribution in [3.05, 3.63) is 66.2 Å². The van der Waals surface area contributed by atoms with Crippen molar-refractivity contribution in [2.75, 3.05) is 5.32 Å². The average molecular weight is 313 g/mol. The maximum absolute atomic E-state index is 11.4. The monoisotopic (exact) mass is 313 g/mol. The van der Waals surface area contributed by atoms with Gasteiger partial charge in [-0.15, -0.1) is 0 Å². The van der Waals surface area contributed by atoms with Crippen LogP contribution in [0.4, 0.5) is 5.82 Å². The van der Waals surface area contributed by atoms with Gasteiger partial charge in [0.25, 0.3) is 0 Å². The van der Waals surface area contributed by atoms with E-state index < -0.39 is 10.0 Å². The zero-order valence-corrected chi connectivity index (χ0v) is 12.5. The predicted octanol–water partition coefficient (Wildman–Crippen LogP) is 2.49. The minimum atomic E-state index is -3.68. The highest BCUT2D eigenvalue weighted by Gasteiger charge is 2.07. The minimum Gasteiger partial charge on any atom is -0.366 e. The van der Waals surface area contributed by atoms with Gasteiger partial charge >= 0.3 is 0 Å². The second kappa shape index (κ2) is 5.75. The number of para-hydroxylation sites is 1. The van der Waals surface area contributed by atoms with Crippen LogP contribution in [0.1, 0.15) is 5.56 Å². The number of aromatic nitrogens is 1.